The molecule has 0 bridgehead atoms. The molecule has 120 valence electrons. The number of thioether (sulfide) groups is 1. The van der Waals surface area contributed by atoms with Crippen molar-refractivity contribution in [3.05, 3.63) is 59.9 Å². The number of amides is 1. The fourth-order valence-corrected chi connectivity index (χ4v) is 3.52. The lowest BCUT2D eigenvalue weighted by Gasteiger charge is -2.36. The highest BCUT2D eigenvalue weighted by molar-refractivity contribution is 8.00. The van der Waals surface area contributed by atoms with E-state index >= 15 is 0 Å². The van der Waals surface area contributed by atoms with Crippen LogP contribution in [0, 0.1) is 6.92 Å². The van der Waals surface area contributed by atoms with Gasteiger partial charge >= 0.3 is 0 Å². The van der Waals surface area contributed by atoms with Crippen LogP contribution in [0.25, 0.3) is 0 Å². The molecule has 1 aliphatic heterocycles. The van der Waals surface area contributed by atoms with Crippen molar-refractivity contribution in [2.45, 2.75) is 17.9 Å². The quantitative estimate of drug-likeness (QED) is 0.877. The Hall–Kier alpha value is -1.85. The lowest BCUT2D eigenvalue weighted by molar-refractivity contribution is -0.131. The molecular formula is C18H21N3OS. The minimum atomic E-state index is 0.0727. The molecule has 1 aromatic carbocycles. The average Bonchev–Trinajstić information content (AvgIpc) is 2.62. The van der Waals surface area contributed by atoms with Crippen molar-refractivity contribution in [2.75, 3.05) is 25.4 Å². The van der Waals surface area contributed by atoms with E-state index < -0.39 is 0 Å². The van der Waals surface area contributed by atoms with Crippen LogP contribution in [0.5, 0.6) is 0 Å². The van der Waals surface area contributed by atoms with Gasteiger partial charge in [0, 0.05) is 36.9 Å². The van der Waals surface area contributed by atoms with E-state index in [4.69, 9.17) is 0 Å². The van der Waals surface area contributed by atoms with Crippen LogP contribution < -0.4 is 5.32 Å². The van der Waals surface area contributed by atoms with Crippen LogP contribution in [0.4, 0.5) is 0 Å². The van der Waals surface area contributed by atoms with Gasteiger partial charge < -0.3 is 10.2 Å². The lowest BCUT2D eigenvalue weighted by atomic mass is 10.1. The molecule has 1 unspecified atom stereocenters. The highest BCUT2D eigenvalue weighted by Gasteiger charge is 2.27. The van der Waals surface area contributed by atoms with Gasteiger partial charge in [0.15, 0.2) is 0 Å². The van der Waals surface area contributed by atoms with Gasteiger partial charge in [-0.15, -0.1) is 11.8 Å². The number of nitrogens with zero attached hydrogens (tertiary/aromatic N) is 2. The molecule has 1 amide bonds. The Kier molecular flexibility index (Phi) is 5.31. The third kappa shape index (κ3) is 4.12. The molecule has 2 heterocycles. The maximum Gasteiger partial charge on any atom is 0.233 e. The van der Waals surface area contributed by atoms with Crippen molar-refractivity contribution in [2.24, 2.45) is 0 Å². The Morgan fingerprint density at radius 2 is 2.17 bits per heavy atom. The van der Waals surface area contributed by atoms with Gasteiger partial charge in [0.25, 0.3) is 0 Å². The Morgan fingerprint density at radius 1 is 1.35 bits per heavy atom. The molecule has 2 aromatic rings. The molecule has 0 aliphatic carbocycles. The summed E-state index contributed by atoms with van der Waals surface area (Å²) in [4.78, 5) is 20.0. The zero-order chi connectivity index (χ0) is 16.1. The standard InChI is InChI=1S/C18H21N3OS/c1-14-4-6-16(7-5-14)23-13-18(22)21-10-9-20-12-17(21)15-3-2-8-19-11-15/h2-8,11,17,20H,9-10,12-13H2,1H3. The maximum atomic E-state index is 12.7. The van der Waals surface area contributed by atoms with E-state index in [0.717, 1.165) is 30.1 Å². The van der Waals surface area contributed by atoms with Gasteiger partial charge in [-0.2, -0.15) is 0 Å². The summed E-state index contributed by atoms with van der Waals surface area (Å²) in [5, 5.41) is 3.37. The number of nitrogens with one attached hydrogen (secondary N) is 1. The number of hydrogen-bond acceptors (Lipinski definition) is 4. The number of rotatable bonds is 4. The predicted molar refractivity (Wildman–Crippen MR) is 93.5 cm³/mol. The van der Waals surface area contributed by atoms with Crippen molar-refractivity contribution in [3.8, 4) is 0 Å². The summed E-state index contributed by atoms with van der Waals surface area (Å²) in [5.41, 5.74) is 2.33. The van der Waals surface area contributed by atoms with Crippen molar-refractivity contribution >= 4 is 17.7 Å². The largest absolute Gasteiger partial charge is 0.332 e. The second-order valence-corrected chi connectivity index (χ2v) is 6.74. The molecule has 1 aliphatic rings. The van der Waals surface area contributed by atoms with E-state index in [0.29, 0.717) is 5.75 Å². The number of aryl methyl sites for hydroxylation is 1. The molecular weight excluding hydrogens is 306 g/mol. The van der Waals surface area contributed by atoms with Crippen molar-refractivity contribution in [1.82, 2.24) is 15.2 Å². The van der Waals surface area contributed by atoms with Gasteiger partial charge in [-0.3, -0.25) is 9.78 Å². The SMILES string of the molecule is Cc1ccc(SCC(=O)N2CCNCC2c2cccnc2)cc1. The summed E-state index contributed by atoms with van der Waals surface area (Å²) in [6, 6.07) is 12.3. The molecule has 1 fully saturated rings. The lowest BCUT2D eigenvalue weighted by Crippen LogP contribution is -2.49. The van der Waals surface area contributed by atoms with Crippen LogP contribution >= 0.6 is 11.8 Å². The number of carbonyl (C=O) groups is 1. The van der Waals surface area contributed by atoms with Crippen molar-refractivity contribution in [3.63, 3.8) is 0 Å². The first-order valence-electron chi connectivity index (χ1n) is 7.83. The van der Waals surface area contributed by atoms with Crippen LogP contribution in [-0.2, 0) is 4.79 Å². The summed E-state index contributed by atoms with van der Waals surface area (Å²) in [7, 11) is 0. The van der Waals surface area contributed by atoms with Gasteiger partial charge in [0.1, 0.15) is 0 Å². The highest BCUT2D eigenvalue weighted by atomic mass is 32.2. The van der Waals surface area contributed by atoms with E-state index in [2.05, 4.69) is 41.5 Å². The van der Waals surface area contributed by atoms with Crippen LogP contribution in [0.3, 0.4) is 0 Å². The molecule has 1 aromatic heterocycles. The predicted octanol–water partition coefficient (Wildman–Crippen LogP) is 2.66. The van der Waals surface area contributed by atoms with Crippen LogP contribution in [0.1, 0.15) is 17.2 Å². The van der Waals surface area contributed by atoms with Crippen molar-refractivity contribution < 1.29 is 4.79 Å². The van der Waals surface area contributed by atoms with Crippen LogP contribution in [0.15, 0.2) is 53.7 Å². The molecule has 1 saturated heterocycles. The molecule has 1 atom stereocenters. The molecule has 23 heavy (non-hydrogen) atoms. The third-order valence-corrected chi connectivity index (χ3v) is 5.01. The summed E-state index contributed by atoms with van der Waals surface area (Å²) < 4.78 is 0. The summed E-state index contributed by atoms with van der Waals surface area (Å²) in [5.74, 6) is 0.658. The zero-order valence-electron chi connectivity index (χ0n) is 13.2. The minimum absolute atomic E-state index is 0.0727. The minimum Gasteiger partial charge on any atom is -0.332 e. The number of pyridine rings is 1. The summed E-state index contributed by atoms with van der Waals surface area (Å²) in [6.45, 7) is 4.44. The Morgan fingerprint density at radius 3 is 2.91 bits per heavy atom. The molecule has 3 rings (SSSR count). The highest BCUT2D eigenvalue weighted by Crippen LogP contribution is 2.24. The first kappa shape index (κ1) is 16.0. The van der Waals surface area contributed by atoms with Crippen molar-refractivity contribution in [1.29, 1.82) is 0 Å². The number of aromatic nitrogens is 1. The van der Waals surface area contributed by atoms with E-state index in [1.54, 1.807) is 18.0 Å². The van der Waals surface area contributed by atoms with E-state index in [1.165, 1.54) is 5.56 Å². The first-order chi connectivity index (χ1) is 11.2. The fraction of sp³-hybridized carbons (Fsp3) is 0.333. The zero-order valence-corrected chi connectivity index (χ0v) is 14.1. The molecule has 5 heteroatoms. The van der Waals surface area contributed by atoms with Gasteiger partial charge in [-0.1, -0.05) is 23.8 Å². The summed E-state index contributed by atoms with van der Waals surface area (Å²) in [6.07, 6.45) is 3.62. The third-order valence-electron chi connectivity index (χ3n) is 4.02. The maximum absolute atomic E-state index is 12.7. The van der Waals surface area contributed by atoms with E-state index in [-0.39, 0.29) is 11.9 Å². The topological polar surface area (TPSA) is 45.2 Å². The van der Waals surface area contributed by atoms with Gasteiger partial charge in [0.2, 0.25) is 5.91 Å². The smallest absolute Gasteiger partial charge is 0.233 e. The second-order valence-electron chi connectivity index (χ2n) is 5.70. The molecule has 0 spiro atoms. The molecule has 4 nitrogen and oxygen atoms in total. The Balaban J connectivity index is 1.65. The number of carbonyl (C=O) groups excluding carboxylic acids is 1. The van der Waals surface area contributed by atoms with Gasteiger partial charge in [-0.05, 0) is 30.7 Å². The number of hydrogen-bond donors (Lipinski definition) is 1. The normalized spacial score (nSPS) is 18.0. The first-order valence-corrected chi connectivity index (χ1v) is 8.82. The van der Waals surface area contributed by atoms with E-state index in [9.17, 15) is 4.79 Å². The molecule has 0 saturated carbocycles. The van der Waals surface area contributed by atoms with Crippen LogP contribution in [-0.4, -0.2) is 41.2 Å². The fourth-order valence-electron chi connectivity index (χ4n) is 2.74. The molecule has 0 radical (unpaired) electrons. The monoisotopic (exact) mass is 327 g/mol. The number of piperazine rings is 1. The Labute approximate surface area is 141 Å². The Bertz CT molecular complexity index is 645. The van der Waals surface area contributed by atoms with Gasteiger partial charge in [-0.25, -0.2) is 0 Å². The van der Waals surface area contributed by atoms with Gasteiger partial charge in [0.05, 0.1) is 11.8 Å². The average molecular weight is 327 g/mol. The van der Waals surface area contributed by atoms with Crippen LogP contribution in [0.2, 0.25) is 0 Å². The summed E-state index contributed by atoms with van der Waals surface area (Å²) >= 11 is 1.60. The number of benzene rings is 1. The van der Waals surface area contributed by atoms with E-state index in [1.807, 2.05) is 23.2 Å². The molecule has 1 N–H and O–H groups in total. The second kappa shape index (κ2) is 7.62.